The minimum atomic E-state index is -1.25. The summed E-state index contributed by atoms with van der Waals surface area (Å²) in [5, 5.41) is 18.9. The monoisotopic (exact) mass is 706 g/mol. The van der Waals surface area contributed by atoms with E-state index in [9.17, 15) is 15.2 Å². The molecule has 0 radical (unpaired) electrons. The van der Waals surface area contributed by atoms with Crippen molar-refractivity contribution in [3.05, 3.63) is 149 Å². The van der Waals surface area contributed by atoms with Crippen LogP contribution >= 0.6 is 11.3 Å². The number of carbonyl (C=O) groups is 1. The Balaban J connectivity index is 1.26. The number of fused-ring (bicyclic) bond motifs is 4. The van der Waals surface area contributed by atoms with Gasteiger partial charge in [0.1, 0.15) is 11.6 Å². The van der Waals surface area contributed by atoms with Gasteiger partial charge in [-0.1, -0.05) is 103 Å². The lowest BCUT2D eigenvalue weighted by atomic mass is 9.92. The van der Waals surface area contributed by atoms with E-state index in [1.807, 2.05) is 48.5 Å². The molecule has 53 heavy (non-hydrogen) atoms. The molecule has 1 aliphatic heterocycles. The van der Waals surface area contributed by atoms with Crippen molar-refractivity contribution < 1.29 is 9.90 Å². The van der Waals surface area contributed by atoms with Gasteiger partial charge in [0.2, 0.25) is 0 Å². The van der Waals surface area contributed by atoms with Gasteiger partial charge in [-0.15, -0.1) is 11.3 Å². The summed E-state index contributed by atoms with van der Waals surface area (Å²) in [6, 6.07) is 46.5. The molecule has 0 bridgehead atoms. The number of aryl methyl sites for hydroxylation is 1. The Morgan fingerprint density at radius 3 is 2.11 bits per heavy atom. The second-order valence-electron chi connectivity index (χ2n) is 13.8. The zero-order chi connectivity index (χ0) is 36.1. The first-order valence-corrected chi connectivity index (χ1v) is 18.7. The third-order valence-corrected chi connectivity index (χ3v) is 11.6. The van der Waals surface area contributed by atoms with Crippen LogP contribution in [0.5, 0.6) is 0 Å². The summed E-state index contributed by atoms with van der Waals surface area (Å²) in [6.45, 7) is 2.13. The average molecular weight is 707 g/mol. The van der Waals surface area contributed by atoms with Gasteiger partial charge in [-0.25, -0.2) is 14.8 Å². The topological polar surface area (TPSA) is 90.1 Å². The summed E-state index contributed by atoms with van der Waals surface area (Å²) in [4.78, 5) is 26.7. The fourth-order valence-electron chi connectivity index (χ4n) is 8.09. The molecular formula is C46H34N4O2S. The number of carboxylic acids is 1. The fraction of sp³-hybridized carbons (Fsp3) is 0.130. The molecule has 9 rings (SSSR count). The Morgan fingerprint density at radius 1 is 0.792 bits per heavy atom. The zero-order valence-corrected chi connectivity index (χ0v) is 29.8. The fourth-order valence-corrected chi connectivity index (χ4v) is 9.06. The molecule has 7 aromatic rings. The van der Waals surface area contributed by atoms with Gasteiger partial charge in [0.25, 0.3) is 0 Å². The molecule has 2 aromatic heterocycles. The van der Waals surface area contributed by atoms with Crippen LogP contribution in [0.1, 0.15) is 41.2 Å². The van der Waals surface area contributed by atoms with Crippen LogP contribution in [0.2, 0.25) is 0 Å². The standard InChI is InChI=1S/C46H34N4O2S/c1-28-15-18-33(19-16-28)50-39-14-8-13-36(39)38-26-31(17-23-40(38)50)35-21-22-37(41-24-20-34(53-41)25-32(27-47)46(51)52)45-44(35)48-42(29-9-4-2-5-10-29)43(49-45)30-11-6-3-7-12-30/h2-7,9-12,15-26,36,39H,8,13-14H2,1H3,(H,51,52)/b32-25+. The van der Waals surface area contributed by atoms with E-state index in [1.165, 1.54) is 59.2 Å². The van der Waals surface area contributed by atoms with Crippen molar-refractivity contribution in [2.45, 2.75) is 38.1 Å². The predicted octanol–water partition coefficient (Wildman–Crippen LogP) is 11.4. The lowest BCUT2D eigenvalue weighted by molar-refractivity contribution is -0.132. The molecule has 1 fully saturated rings. The summed E-state index contributed by atoms with van der Waals surface area (Å²) in [6.07, 6.45) is 4.98. The van der Waals surface area contributed by atoms with Gasteiger partial charge in [0.15, 0.2) is 0 Å². The van der Waals surface area contributed by atoms with Crippen molar-refractivity contribution in [3.63, 3.8) is 0 Å². The van der Waals surface area contributed by atoms with Crippen LogP contribution in [0.15, 0.2) is 133 Å². The normalized spacial score (nSPS) is 16.4. The van der Waals surface area contributed by atoms with Gasteiger partial charge in [-0.05, 0) is 73.4 Å². The first-order chi connectivity index (χ1) is 26.0. The Bertz CT molecular complexity index is 2610. The Labute approximate surface area is 312 Å². The number of hydrogen-bond acceptors (Lipinski definition) is 6. The molecule has 5 aromatic carbocycles. The van der Waals surface area contributed by atoms with Gasteiger partial charge in [-0.3, -0.25) is 0 Å². The van der Waals surface area contributed by atoms with Crippen LogP contribution in [0, 0.1) is 18.3 Å². The first kappa shape index (κ1) is 32.5. The van der Waals surface area contributed by atoms with Crippen LogP contribution in [-0.4, -0.2) is 27.1 Å². The summed E-state index contributed by atoms with van der Waals surface area (Å²) in [5.41, 5.74) is 13.0. The highest BCUT2D eigenvalue weighted by molar-refractivity contribution is 7.16. The van der Waals surface area contributed by atoms with Crippen LogP contribution < -0.4 is 4.90 Å². The molecular weight excluding hydrogens is 673 g/mol. The molecule has 2 aliphatic rings. The molecule has 1 saturated carbocycles. The van der Waals surface area contributed by atoms with Crippen molar-refractivity contribution in [2.24, 2.45) is 0 Å². The van der Waals surface area contributed by atoms with Crippen LogP contribution in [0.25, 0.3) is 61.2 Å². The van der Waals surface area contributed by atoms with Crippen molar-refractivity contribution in [2.75, 3.05) is 4.90 Å². The number of aliphatic carboxylic acids is 1. The lowest BCUT2D eigenvalue weighted by Gasteiger charge is -2.27. The molecule has 6 nitrogen and oxygen atoms in total. The minimum Gasteiger partial charge on any atom is -0.477 e. The van der Waals surface area contributed by atoms with Crippen LogP contribution in [-0.2, 0) is 4.79 Å². The molecule has 1 N–H and O–H groups in total. The lowest BCUT2D eigenvalue weighted by Crippen LogP contribution is -2.26. The summed E-state index contributed by atoms with van der Waals surface area (Å²) in [5.74, 6) is -0.779. The van der Waals surface area contributed by atoms with Crippen LogP contribution in [0.4, 0.5) is 11.4 Å². The van der Waals surface area contributed by atoms with E-state index in [0.29, 0.717) is 16.8 Å². The van der Waals surface area contributed by atoms with Gasteiger partial charge in [0.05, 0.1) is 22.4 Å². The number of carboxylic acid groups (broad SMARTS) is 1. The number of nitrogens with zero attached hydrogens (tertiary/aromatic N) is 4. The quantitative estimate of drug-likeness (QED) is 0.131. The Hall–Kier alpha value is -6.36. The van der Waals surface area contributed by atoms with Gasteiger partial charge >= 0.3 is 5.97 Å². The van der Waals surface area contributed by atoms with Gasteiger partial charge in [-0.2, -0.15) is 5.26 Å². The van der Waals surface area contributed by atoms with Crippen molar-refractivity contribution in [1.29, 1.82) is 5.26 Å². The SMILES string of the molecule is Cc1ccc(N2c3ccc(-c4ccc(-c5ccc(/C=C(\C#N)C(=O)O)s5)c5nc(-c6ccccc6)c(-c6ccccc6)nc45)cc3C3CCCC32)cc1. The molecule has 3 heterocycles. The maximum absolute atomic E-state index is 11.6. The highest BCUT2D eigenvalue weighted by Gasteiger charge is 2.42. The van der Waals surface area contributed by atoms with Crippen molar-refractivity contribution in [1.82, 2.24) is 9.97 Å². The number of nitriles is 1. The molecule has 0 saturated heterocycles. The van der Waals surface area contributed by atoms with E-state index in [1.54, 1.807) is 6.07 Å². The van der Waals surface area contributed by atoms with Gasteiger partial charge < -0.3 is 10.0 Å². The highest BCUT2D eigenvalue weighted by Crippen LogP contribution is 2.53. The van der Waals surface area contributed by atoms with E-state index in [0.717, 1.165) is 55.1 Å². The van der Waals surface area contributed by atoms with Crippen molar-refractivity contribution in [3.8, 4) is 50.2 Å². The zero-order valence-electron chi connectivity index (χ0n) is 29.0. The van der Waals surface area contributed by atoms with E-state index < -0.39 is 5.97 Å². The minimum absolute atomic E-state index is 0.306. The smallest absolute Gasteiger partial charge is 0.346 e. The van der Waals surface area contributed by atoms with Crippen molar-refractivity contribution >= 4 is 45.8 Å². The third-order valence-electron chi connectivity index (χ3n) is 10.6. The summed E-state index contributed by atoms with van der Waals surface area (Å²) < 4.78 is 0. The number of hydrogen-bond donors (Lipinski definition) is 1. The molecule has 0 amide bonds. The van der Waals surface area contributed by atoms with Crippen LogP contribution in [0.3, 0.4) is 0 Å². The predicted molar refractivity (Wildman–Crippen MR) is 214 cm³/mol. The second-order valence-corrected chi connectivity index (χ2v) is 14.9. The van der Waals surface area contributed by atoms with E-state index in [4.69, 9.17) is 9.97 Å². The molecule has 2 unspecified atom stereocenters. The Kier molecular flexibility index (Phi) is 8.18. The number of anilines is 2. The summed E-state index contributed by atoms with van der Waals surface area (Å²) in [7, 11) is 0. The highest BCUT2D eigenvalue weighted by atomic mass is 32.1. The summed E-state index contributed by atoms with van der Waals surface area (Å²) >= 11 is 1.43. The maximum Gasteiger partial charge on any atom is 0.346 e. The number of benzene rings is 5. The van der Waals surface area contributed by atoms with E-state index in [-0.39, 0.29) is 5.57 Å². The molecule has 1 aliphatic carbocycles. The van der Waals surface area contributed by atoms with Gasteiger partial charge in [0, 0.05) is 55.3 Å². The van der Waals surface area contributed by atoms with E-state index >= 15 is 0 Å². The maximum atomic E-state index is 11.6. The second kappa shape index (κ2) is 13.3. The number of thiophene rings is 1. The molecule has 256 valence electrons. The Morgan fingerprint density at radius 2 is 1.45 bits per heavy atom. The first-order valence-electron chi connectivity index (χ1n) is 17.9. The average Bonchev–Trinajstić information content (AvgIpc) is 3.94. The largest absolute Gasteiger partial charge is 0.477 e. The number of rotatable bonds is 7. The number of aromatic nitrogens is 2. The van der Waals surface area contributed by atoms with E-state index in [2.05, 4.69) is 90.7 Å². The third kappa shape index (κ3) is 5.78. The molecule has 0 spiro atoms. The molecule has 7 heteroatoms. The molecule has 2 atom stereocenters.